The molecule has 0 aliphatic carbocycles. The minimum Gasteiger partial charge on any atom is -0.391 e. The van der Waals surface area contributed by atoms with Crippen molar-refractivity contribution in [2.24, 2.45) is 5.73 Å². The van der Waals surface area contributed by atoms with Crippen molar-refractivity contribution in [2.45, 2.75) is 18.6 Å². The van der Waals surface area contributed by atoms with Crippen molar-refractivity contribution in [1.29, 1.82) is 0 Å². The number of carbonyl (C=O) groups excluding carboxylic acids is 1. The average Bonchev–Trinajstić information content (AvgIpc) is 3.26. The molecule has 1 aromatic carbocycles. The summed E-state index contributed by atoms with van der Waals surface area (Å²) >= 11 is 0. The number of anilines is 1. The van der Waals surface area contributed by atoms with Crippen LogP contribution in [0.4, 0.5) is 5.82 Å². The highest BCUT2D eigenvalue weighted by molar-refractivity contribution is 7.85. The van der Waals surface area contributed by atoms with E-state index < -0.39 is 28.2 Å². The Balaban J connectivity index is 0.000000431. The summed E-state index contributed by atoms with van der Waals surface area (Å²) in [5, 5.41) is 10.8. The van der Waals surface area contributed by atoms with E-state index in [0.29, 0.717) is 36.5 Å². The predicted octanol–water partition coefficient (Wildman–Crippen LogP) is 0.554. The zero-order valence-corrected chi connectivity index (χ0v) is 16.4. The lowest BCUT2D eigenvalue weighted by atomic mass is 10.2. The summed E-state index contributed by atoms with van der Waals surface area (Å²) in [7, 11) is -3.67. The fraction of sp³-hybridized carbons (Fsp3) is 0.278. The minimum absolute atomic E-state index is 0.311. The molecule has 2 atom stereocenters. The van der Waals surface area contributed by atoms with Crippen LogP contribution in [0.5, 0.6) is 0 Å². The van der Waals surface area contributed by atoms with Crippen LogP contribution in [-0.4, -0.2) is 63.9 Å². The third-order valence-corrected chi connectivity index (χ3v) is 4.31. The Hall–Kier alpha value is -3.02. The molecule has 0 spiro atoms. The Morgan fingerprint density at radius 2 is 1.90 bits per heavy atom. The summed E-state index contributed by atoms with van der Waals surface area (Å²) in [6, 6.07) is 10.9. The number of amides is 1. The van der Waals surface area contributed by atoms with Gasteiger partial charge in [-0.3, -0.25) is 9.35 Å². The van der Waals surface area contributed by atoms with E-state index >= 15 is 0 Å². The molecule has 1 aliphatic rings. The second-order valence-electron chi connectivity index (χ2n) is 6.67. The number of primary amides is 1. The van der Waals surface area contributed by atoms with Crippen molar-refractivity contribution < 1.29 is 22.9 Å². The second-order valence-corrected chi connectivity index (χ2v) is 8.14. The third-order valence-electron chi connectivity index (χ3n) is 4.31. The summed E-state index contributed by atoms with van der Waals surface area (Å²) in [6.07, 6.45) is 2.20. The van der Waals surface area contributed by atoms with Gasteiger partial charge >= 0.3 is 0 Å². The topological polar surface area (TPSA) is 162 Å². The van der Waals surface area contributed by atoms with Crippen molar-refractivity contribution in [3.63, 3.8) is 0 Å². The number of nitrogens with two attached hydrogens (primary N) is 1. The first kappa shape index (κ1) is 20.7. The van der Waals surface area contributed by atoms with Crippen LogP contribution in [0, 0.1) is 0 Å². The number of nitrogens with zero attached hydrogens (tertiary/aromatic N) is 3. The van der Waals surface area contributed by atoms with Gasteiger partial charge in [-0.25, -0.2) is 9.97 Å². The molecule has 1 aliphatic heterocycles. The maximum absolute atomic E-state index is 11.8. The van der Waals surface area contributed by atoms with E-state index in [9.17, 15) is 18.3 Å². The van der Waals surface area contributed by atoms with Crippen molar-refractivity contribution in [3.05, 3.63) is 42.6 Å². The summed E-state index contributed by atoms with van der Waals surface area (Å²) in [5.74, 6) is 0.709. The largest absolute Gasteiger partial charge is 0.391 e. The van der Waals surface area contributed by atoms with Gasteiger partial charge in [-0.05, 0) is 6.07 Å². The van der Waals surface area contributed by atoms with E-state index in [4.69, 9.17) is 10.3 Å². The van der Waals surface area contributed by atoms with Crippen molar-refractivity contribution in [1.82, 2.24) is 15.0 Å². The summed E-state index contributed by atoms with van der Waals surface area (Å²) in [5.41, 5.74) is 7.08. The molecule has 3 heterocycles. The Morgan fingerprint density at radius 1 is 1.24 bits per heavy atom. The van der Waals surface area contributed by atoms with Gasteiger partial charge in [-0.1, -0.05) is 30.3 Å². The molecule has 0 radical (unpaired) electrons. The van der Waals surface area contributed by atoms with Gasteiger partial charge in [-0.15, -0.1) is 0 Å². The molecule has 154 valence electrons. The van der Waals surface area contributed by atoms with Gasteiger partial charge < -0.3 is 20.7 Å². The third kappa shape index (κ3) is 5.08. The SMILES string of the molecule is CS(=O)(=O)O.NC(=O)[C@@H]1C[C@H](O)CN1c1nc(-c2ccccc2)nc2[nH]ccc12. The number of carbonyl (C=O) groups is 1. The van der Waals surface area contributed by atoms with Crippen LogP contribution < -0.4 is 10.6 Å². The van der Waals surface area contributed by atoms with Crippen LogP contribution in [0.3, 0.4) is 0 Å². The van der Waals surface area contributed by atoms with Crippen LogP contribution in [0.15, 0.2) is 42.6 Å². The quantitative estimate of drug-likeness (QED) is 0.447. The van der Waals surface area contributed by atoms with E-state index in [1.54, 1.807) is 11.1 Å². The number of fused-ring (bicyclic) bond motifs is 1. The number of β-amino-alcohol motifs (C(OH)–C–C–N with tert-alkyl or cyclic N) is 1. The lowest BCUT2D eigenvalue weighted by Gasteiger charge is -2.24. The summed E-state index contributed by atoms with van der Waals surface area (Å²) < 4.78 is 25.9. The Kier molecular flexibility index (Phi) is 5.82. The van der Waals surface area contributed by atoms with Crippen LogP contribution in [0.2, 0.25) is 0 Å². The summed E-state index contributed by atoms with van der Waals surface area (Å²) in [6.45, 7) is 0.319. The number of H-pyrrole nitrogens is 1. The number of aromatic amines is 1. The Bertz CT molecular complexity index is 1110. The molecule has 3 aromatic rings. The first-order valence-electron chi connectivity index (χ1n) is 8.70. The van der Waals surface area contributed by atoms with Crippen molar-refractivity contribution in [2.75, 3.05) is 17.7 Å². The number of rotatable bonds is 3. The molecule has 1 fully saturated rings. The first-order valence-corrected chi connectivity index (χ1v) is 10.6. The molecule has 0 saturated carbocycles. The maximum Gasteiger partial charge on any atom is 0.261 e. The Morgan fingerprint density at radius 3 is 2.52 bits per heavy atom. The van der Waals surface area contributed by atoms with E-state index in [-0.39, 0.29) is 0 Å². The molecule has 0 unspecified atom stereocenters. The molecule has 0 bridgehead atoms. The molecule has 11 heteroatoms. The zero-order valence-electron chi connectivity index (χ0n) is 15.6. The lowest BCUT2D eigenvalue weighted by molar-refractivity contribution is -0.119. The number of aromatic nitrogens is 3. The summed E-state index contributed by atoms with van der Waals surface area (Å²) in [4.78, 5) is 25.9. The van der Waals surface area contributed by atoms with Crippen LogP contribution in [0.25, 0.3) is 22.4 Å². The molecule has 29 heavy (non-hydrogen) atoms. The Labute approximate surface area is 167 Å². The van der Waals surface area contributed by atoms with Crippen LogP contribution in [-0.2, 0) is 14.9 Å². The van der Waals surface area contributed by atoms with Gasteiger partial charge in [0.15, 0.2) is 5.82 Å². The van der Waals surface area contributed by atoms with Crippen molar-refractivity contribution in [3.8, 4) is 11.4 Å². The molecule has 1 saturated heterocycles. The highest BCUT2D eigenvalue weighted by Crippen LogP contribution is 2.32. The van der Waals surface area contributed by atoms with Gasteiger partial charge in [0.2, 0.25) is 5.91 Å². The van der Waals surface area contributed by atoms with Gasteiger partial charge in [-0.2, -0.15) is 8.42 Å². The smallest absolute Gasteiger partial charge is 0.261 e. The normalized spacial score (nSPS) is 19.1. The van der Waals surface area contributed by atoms with E-state index in [1.807, 2.05) is 36.4 Å². The average molecular weight is 419 g/mol. The van der Waals surface area contributed by atoms with Gasteiger partial charge in [0.25, 0.3) is 10.1 Å². The van der Waals surface area contributed by atoms with Gasteiger partial charge in [0.05, 0.1) is 17.7 Å². The lowest BCUT2D eigenvalue weighted by Crippen LogP contribution is -2.40. The second kappa shape index (κ2) is 8.15. The highest BCUT2D eigenvalue weighted by atomic mass is 32.2. The molecule has 5 N–H and O–H groups in total. The molecular formula is C18H21N5O5S. The van der Waals surface area contributed by atoms with Gasteiger partial charge in [0, 0.05) is 24.7 Å². The number of aliphatic hydroxyl groups excluding tert-OH is 1. The fourth-order valence-corrected chi connectivity index (χ4v) is 3.18. The molecule has 2 aromatic heterocycles. The van der Waals surface area contributed by atoms with E-state index in [0.717, 1.165) is 10.9 Å². The number of hydrogen-bond acceptors (Lipinski definition) is 7. The molecular weight excluding hydrogens is 398 g/mol. The highest BCUT2D eigenvalue weighted by Gasteiger charge is 2.36. The monoisotopic (exact) mass is 419 g/mol. The van der Waals surface area contributed by atoms with Gasteiger partial charge in [0.1, 0.15) is 17.5 Å². The van der Waals surface area contributed by atoms with Crippen molar-refractivity contribution >= 4 is 32.9 Å². The number of aliphatic hydroxyl groups is 1. The molecule has 1 amide bonds. The van der Waals surface area contributed by atoms with Crippen LogP contribution in [0.1, 0.15) is 6.42 Å². The van der Waals surface area contributed by atoms with Crippen LogP contribution >= 0.6 is 0 Å². The number of hydrogen-bond donors (Lipinski definition) is 4. The number of benzene rings is 1. The first-order chi connectivity index (χ1) is 13.6. The molecule has 4 rings (SSSR count). The standard InChI is InChI=1S/C17H17N5O2.CH4O3S/c18-14(24)13-8-11(23)9-22(13)17-12-6-7-19-16(12)20-15(21-17)10-4-2-1-3-5-10;1-5(2,3)4/h1-7,11,13,23H,8-9H2,(H2,18,24)(H,19,20,21);1H3,(H,2,3,4)/t11-,13-;/m0./s1. The zero-order chi connectivity index (χ0) is 21.2. The van der Waals surface area contributed by atoms with E-state index in [1.165, 1.54) is 0 Å². The van der Waals surface area contributed by atoms with E-state index in [2.05, 4.69) is 15.0 Å². The number of nitrogens with one attached hydrogen (secondary N) is 1. The predicted molar refractivity (Wildman–Crippen MR) is 108 cm³/mol. The maximum atomic E-state index is 11.8. The fourth-order valence-electron chi connectivity index (χ4n) is 3.18. The molecule has 10 nitrogen and oxygen atoms in total. The minimum atomic E-state index is -3.67.